The first kappa shape index (κ1) is 7.94. The Kier molecular flexibility index (Phi) is 2.38. The molecule has 1 aliphatic rings. The standard InChI is InChI=1S/C7H10N2O2/c8-5-6-2-1-3-7(4-6)9(10)11/h1,3-4,6H,2,5,8H2. The highest BCUT2D eigenvalue weighted by Crippen LogP contribution is 2.15. The molecule has 0 aromatic carbocycles. The predicted octanol–water partition coefficient (Wildman–Crippen LogP) is 0.682. The lowest BCUT2D eigenvalue weighted by atomic mass is 10.00. The summed E-state index contributed by atoms with van der Waals surface area (Å²) in [5.41, 5.74) is 5.52. The van der Waals surface area contributed by atoms with Crippen LogP contribution in [0.25, 0.3) is 0 Å². The van der Waals surface area contributed by atoms with Gasteiger partial charge in [-0.3, -0.25) is 10.1 Å². The second-order valence-electron chi connectivity index (χ2n) is 2.48. The van der Waals surface area contributed by atoms with Gasteiger partial charge in [-0.1, -0.05) is 6.08 Å². The van der Waals surface area contributed by atoms with Crippen LogP contribution in [-0.2, 0) is 0 Å². The third-order valence-corrected chi connectivity index (χ3v) is 1.65. The molecule has 0 saturated carbocycles. The Balaban J connectivity index is 2.71. The summed E-state index contributed by atoms with van der Waals surface area (Å²) >= 11 is 0. The molecule has 0 fully saturated rings. The second kappa shape index (κ2) is 3.30. The van der Waals surface area contributed by atoms with E-state index < -0.39 is 4.92 Å². The normalized spacial score (nSPS) is 23.0. The first-order valence-corrected chi connectivity index (χ1v) is 3.47. The zero-order chi connectivity index (χ0) is 8.27. The van der Waals surface area contributed by atoms with Crippen LogP contribution in [0.4, 0.5) is 0 Å². The highest BCUT2D eigenvalue weighted by atomic mass is 16.6. The van der Waals surface area contributed by atoms with Gasteiger partial charge in [-0.15, -0.1) is 0 Å². The van der Waals surface area contributed by atoms with E-state index in [-0.39, 0.29) is 11.6 Å². The monoisotopic (exact) mass is 154 g/mol. The number of nitrogens with two attached hydrogens (primary N) is 1. The summed E-state index contributed by atoms with van der Waals surface area (Å²) in [4.78, 5) is 9.87. The van der Waals surface area contributed by atoms with Gasteiger partial charge in [0, 0.05) is 6.08 Å². The van der Waals surface area contributed by atoms with Crippen molar-refractivity contribution in [1.82, 2.24) is 0 Å². The van der Waals surface area contributed by atoms with Crippen molar-refractivity contribution in [3.63, 3.8) is 0 Å². The van der Waals surface area contributed by atoms with E-state index in [4.69, 9.17) is 5.73 Å². The fourth-order valence-corrected chi connectivity index (χ4v) is 1.01. The third kappa shape index (κ3) is 1.88. The number of allylic oxidation sites excluding steroid dienone is 2. The molecule has 11 heavy (non-hydrogen) atoms. The van der Waals surface area contributed by atoms with Crippen molar-refractivity contribution in [3.8, 4) is 0 Å². The molecule has 1 unspecified atom stereocenters. The molecule has 4 nitrogen and oxygen atoms in total. The molecule has 0 aromatic heterocycles. The molecular weight excluding hydrogens is 144 g/mol. The topological polar surface area (TPSA) is 69.2 Å². The van der Waals surface area contributed by atoms with E-state index in [1.807, 2.05) is 0 Å². The molecular formula is C7H10N2O2. The molecule has 0 radical (unpaired) electrons. The van der Waals surface area contributed by atoms with Crippen LogP contribution in [0.2, 0.25) is 0 Å². The van der Waals surface area contributed by atoms with Crippen molar-refractivity contribution in [2.75, 3.05) is 6.54 Å². The van der Waals surface area contributed by atoms with Gasteiger partial charge in [0.1, 0.15) is 0 Å². The number of nitro groups is 1. The summed E-state index contributed by atoms with van der Waals surface area (Å²) < 4.78 is 0. The average Bonchev–Trinajstić information content (AvgIpc) is 2.05. The van der Waals surface area contributed by atoms with Gasteiger partial charge in [-0.2, -0.15) is 0 Å². The van der Waals surface area contributed by atoms with E-state index in [0.29, 0.717) is 6.54 Å². The van der Waals surface area contributed by atoms with Crippen LogP contribution in [0.1, 0.15) is 6.42 Å². The summed E-state index contributed by atoms with van der Waals surface area (Å²) in [6.45, 7) is 0.474. The minimum Gasteiger partial charge on any atom is -0.330 e. The van der Waals surface area contributed by atoms with Crippen molar-refractivity contribution in [1.29, 1.82) is 0 Å². The van der Waals surface area contributed by atoms with Gasteiger partial charge in [0.25, 0.3) is 5.70 Å². The van der Waals surface area contributed by atoms with Crippen LogP contribution in [0.3, 0.4) is 0 Å². The van der Waals surface area contributed by atoms with Crippen LogP contribution in [-0.4, -0.2) is 11.5 Å². The van der Waals surface area contributed by atoms with E-state index in [2.05, 4.69) is 0 Å². The Hall–Kier alpha value is -1.16. The number of hydrogen-bond acceptors (Lipinski definition) is 3. The molecule has 1 atom stereocenters. The van der Waals surface area contributed by atoms with Gasteiger partial charge in [0.15, 0.2) is 0 Å². The van der Waals surface area contributed by atoms with Gasteiger partial charge in [0.05, 0.1) is 4.92 Å². The summed E-state index contributed by atoms with van der Waals surface area (Å²) in [5, 5.41) is 10.3. The summed E-state index contributed by atoms with van der Waals surface area (Å²) in [6.07, 6.45) is 5.73. The highest BCUT2D eigenvalue weighted by Gasteiger charge is 2.14. The van der Waals surface area contributed by atoms with Crippen LogP contribution in [0.5, 0.6) is 0 Å². The van der Waals surface area contributed by atoms with Crippen LogP contribution < -0.4 is 5.73 Å². The van der Waals surface area contributed by atoms with Gasteiger partial charge in [0.2, 0.25) is 0 Å². The predicted molar refractivity (Wildman–Crippen MR) is 41.4 cm³/mol. The molecule has 0 heterocycles. The molecule has 0 bridgehead atoms. The minimum absolute atomic E-state index is 0.139. The van der Waals surface area contributed by atoms with Crippen molar-refractivity contribution < 1.29 is 4.92 Å². The average molecular weight is 154 g/mol. The number of hydrogen-bond donors (Lipinski definition) is 1. The van der Waals surface area contributed by atoms with E-state index >= 15 is 0 Å². The van der Waals surface area contributed by atoms with Crippen LogP contribution in [0, 0.1) is 16.0 Å². The molecule has 1 rings (SSSR count). The Labute approximate surface area is 64.5 Å². The van der Waals surface area contributed by atoms with E-state index in [1.54, 1.807) is 12.2 Å². The maximum Gasteiger partial charge on any atom is 0.265 e. The van der Waals surface area contributed by atoms with Gasteiger partial charge < -0.3 is 5.73 Å². The molecule has 1 aliphatic carbocycles. The molecule has 0 saturated heterocycles. The highest BCUT2D eigenvalue weighted by molar-refractivity contribution is 5.17. The lowest BCUT2D eigenvalue weighted by Gasteiger charge is -2.08. The molecule has 0 aliphatic heterocycles. The van der Waals surface area contributed by atoms with Gasteiger partial charge >= 0.3 is 0 Å². The lowest BCUT2D eigenvalue weighted by molar-refractivity contribution is -0.419. The minimum atomic E-state index is -0.391. The number of rotatable bonds is 2. The second-order valence-corrected chi connectivity index (χ2v) is 2.48. The Morgan fingerprint density at radius 3 is 3.09 bits per heavy atom. The molecule has 60 valence electrons. The zero-order valence-corrected chi connectivity index (χ0v) is 6.06. The Bertz CT molecular complexity index is 220. The van der Waals surface area contributed by atoms with Gasteiger partial charge in [-0.25, -0.2) is 0 Å². The maximum absolute atomic E-state index is 10.3. The smallest absolute Gasteiger partial charge is 0.265 e. The van der Waals surface area contributed by atoms with Crippen LogP contribution in [0.15, 0.2) is 23.9 Å². The van der Waals surface area contributed by atoms with Crippen molar-refractivity contribution >= 4 is 0 Å². The fourth-order valence-electron chi connectivity index (χ4n) is 1.01. The summed E-state index contributed by atoms with van der Waals surface area (Å²) in [7, 11) is 0. The fraction of sp³-hybridized carbons (Fsp3) is 0.429. The molecule has 0 amide bonds. The quantitative estimate of drug-likeness (QED) is 0.469. The Morgan fingerprint density at radius 1 is 1.82 bits per heavy atom. The van der Waals surface area contributed by atoms with E-state index in [0.717, 1.165) is 6.42 Å². The third-order valence-electron chi connectivity index (χ3n) is 1.65. The largest absolute Gasteiger partial charge is 0.330 e. The number of nitrogens with zero attached hydrogens (tertiary/aromatic N) is 1. The zero-order valence-electron chi connectivity index (χ0n) is 6.06. The molecule has 2 N–H and O–H groups in total. The van der Waals surface area contributed by atoms with Crippen LogP contribution >= 0.6 is 0 Å². The first-order chi connectivity index (χ1) is 5.24. The lowest BCUT2D eigenvalue weighted by Crippen LogP contribution is -2.15. The Morgan fingerprint density at radius 2 is 2.55 bits per heavy atom. The first-order valence-electron chi connectivity index (χ1n) is 3.47. The molecule has 0 aromatic rings. The van der Waals surface area contributed by atoms with E-state index in [9.17, 15) is 10.1 Å². The molecule has 4 heteroatoms. The van der Waals surface area contributed by atoms with Crippen molar-refractivity contribution in [3.05, 3.63) is 34.0 Å². The maximum atomic E-state index is 10.3. The summed E-state index contributed by atoms with van der Waals surface area (Å²) in [5.74, 6) is 0.139. The summed E-state index contributed by atoms with van der Waals surface area (Å²) in [6, 6.07) is 0. The van der Waals surface area contributed by atoms with E-state index in [1.165, 1.54) is 6.08 Å². The SMILES string of the molecule is NCC1C=C([N+](=O)[O-])C=CC1. The molecule has 0 spiro atoms. The van der Waals surface area contributed by atoms with Crippen molar-refractivity contribution in [2.24, 2.45) is 11.7 Å². The van der Waals surface area contributed by atoms with Gasteiger partial charge in [-0.05, 0) is 25.0 Å². The van der Waals surface area contributed by atoms with Crippen molar-refractivity contribution in [2.45, 2.75) is 6.42 Å².